The summed E-state index contributed by atoms with van der Waals surface area (Å²) in [6.45, 7) is 3.95. The summed E-state index contributed by atoms with van der Waals surface area (Å²) in [5, 5.41) is 3.29. The molecule has 1 saturated heterocycles. The van der Waals surface area contributed by atoms with Crippen LogP contribution in [-0.2, 0) is 0 Å². The molecular formula is C14H28N2. The molecule has 1 unspecified atom stereocenters. The predicted octanol–water partition coefficient (Wildman–Crippen LogP) is 2.64. The standard InChI is InChI=1S/C14H28N2/c1-15-10-9-13-6-5-11-16(12-13)14-7-3-2-4-8-14/h13-15H,2-12H2,1H3. The lowest BCUT2D eigenvalue weighted by Gasteiger charge is -2.40. The van der Waals surface area contributed by atoms with E-state index in [0.717, 1.165) is 12.0 Å². The molecule has 16 heavy (non-hydrogen) atoms. The minimum Gasteiger partial charge on any atom is -0.320 e. The zero-order valence-electron chi connectivity index (χ0n) is 10.9. The molecule has 1 aliphatic heterocycles. The minimum atomic E-state index is 0.936. The Hall–Kier alpha value is -0.0800. The molecule has 0 aromatic rings. The van der Waals surface area contributed by atoms with Gasteiger partial charge in [-0.05, 0) is 58.2 Å². The van der Waals surface area contributed by atoms with E-state index in [2.05, 4.69) is 17.3 Å². The molecule has 0 spiro atoms. The first-order valence-corrected chi connectivity index (χ1v) is 7.29. The third-order valence-electron chi connectivity index (χ3n) is 4.44. The third kappa shape index (κ3) is 3.46. The highest BCUT2D eigenvalue weighted by Gasteiger charge is 2.26. The van der Waals surface area contributed by atoms with Gasteiger partial charge in [0.2, 0.25) is 0 Å². The molecule has 2 heteroatoms. The summed E-state index contributed by atoms with van der Waals surface area (Å²) in [6.07, 6.45) is 11.6. The molecule has 94 valence electrons. The van der Waals surface area contributed by atoms with Crippen molar-refractivity contribution in [3.05, 3.63) is 0 Å². The molecule has 0 aromatic carbocycles. The van der Waals surface area contributed by atoms with Crippen molar-refractivity contribution in [1.82, 2.24) is 10.2 Å². The second kappa shape index (κ2) is 6.61. The first kappa shape index (κ1) is 12.4. The van der Waals surface area contributed by atoms with Gasteiger partial charge in [-0.25, -0.2) is 0 Å². The van der Waals surface area contributed by atoms with Gasteiger partial charge in [-0.3, -0.25) is 0 Å². The number of rotatable bonds is 4. The molecule has 0 aromatic heterocycles. The maximum absolute atomic E-state index is 3.29. The molecule has 0 bridgehead atoms. The van der Waals surface area contributed by atoms with Gasteiger partial charge in [-0.2, -0.15) is 0 Å². The molecule has 2 aliphatic rings. The number of piperidine rings is 1. The van der Waals surface area contributed by atoms with Crippen LogP contribution in [0.3, 0.4) is 0 Å². The summed E-state index contributed by atoms with van der Waals surface area (Å²) in [5.74, 6) is 0.961. The Labute approximate surface area is 101 Å². The fraction of sp³-hybridized carbons (Fsp3) is 1.00. The first-order chi connectivity index (χ1) is 7.90. The summed E-state index contributed by atoms with van der Waals surface area (Å²) in [7, 11) is 2.07. The fourth-order valence-corrected chi connectivity index (χ4v) is 3.46. The van der Waals surface area contributed by atoms with Gasteiger partial charge in [-0.15, -0.1) is 0 Å². The van der Waals surface area contributed by atoms with E-state index in [-0.39, 0.29) is 0 Å². The molecule has 1 heterocycles. The number of hydrogen-bond donors (Lipinski definition) is 1. The normalized spacial score (nSPS) is 29.4. The SMILES string of the molecule is CNCCC1CCCN(C2CCCCC2)C1. The average Bonchev–Trinajstić information content (AvgIpc) is 2.38. The highest BCUT2D eigenvalue weighted by molar-refractivity contribution is 4.81. The Morgan fingerprint density at radius 3 is 2.62 bits per heavy atom. The minimum absolute atomic E-state index is 0.936. The quantitative estimate of drug-likeness (QED) is 0.790. The van der Waals surface area contributed by atoms with E-state index in [1.54, 1.807) is 0 Å². The monoisotopic (exact) mass is 224 g/mol. The van der Waals surface area contributed by atoms with Crippen LogP contribution in [0.4, 0.5) is 0 Å². The number of likely N-dealkylation sites (tertiary alicyclic amines) is 1. The molecule has 1 aliphatic carbocycles. The van der Waals surface area contributed by atoms with E-state index < -0.39 is 0 Å². The van der Waals surface area contributed by atoms with E-state index in [9.17, 15) is 0 Å². The van der Waals surface area contributed by atoms with Crippen LogP contribution in [0.1, 0.15) is 51.4 Å². The van der Waals surface area contributed by atoms with Gasteiger partial charge in [0.05, 0.1) is 0 Å². The molecule has 1 saturated carbocycles. The van der Waals surface area contributed by atoms with E-state index in [4.69, 9.17) is 0 Å². The Kier molecular flexibility index (Phi) is 5.11. The zero-order chi connectivity index (χ0) is 11.2. The Morgan fingerprint density at radius 1 is 1.06 bits per heavy atom. The van der Waals surface area contributed by atoms with Gasteiger partial charge in [-0.1, -0.05) is 19.3 Å². The number of nitrogens with one attached hydrogen (secondary N) is 1. The van der Waals surface area contributed by atoms with Crippen LogP contribution in [0.15, 0.2) is 0 Å². The van der Waals surface area contributed by atoms with E-state index in [1.165, 1.54) is 71.0 Å². The van der Waals surface area contributed by atoms with Crippen molar-refractivity contribution < 1.29 is 0 Å². The van der Waals surface area contributed by atoms with Crippen molar-refractivity contribution >= 4 is 0 Å². The first-order valence-electron chi connectivity index (χ1n) is 7.29. The van der Waals surface area contributed by atoms with Crippen molar-refractivity contribution in [3.8, 4) is 0 Å². The van der Waals surface area contributed by atoms with Crippen LogP contribution in [-0.4, -0.2) is 37.6 Å². The second-order valence-corrected chi connectivity index (χ2v) is 5.69. The van der Waals surface area contributed by atoms with Gasteiger partial charge < -0.3 is 10.2 Å². The predicted molar refractivity (Wildman–Crippen MR) is 69.7 cm³/mol. The number of hydrogen-bond acceptors (Lipinski definition) is 2. The highest BCUT2D eigenvalue weighted by Crippen LogP contribution is 2.27. The lowest BCUT2D eigenvalue weighted by Crippen LogP contribution is -2.44. The molecule has 0 radical (unpaired) electrons. The Balaban J connectivity index is 1.76. The van der Waals surface area contributed by atoms with Crippen molar-refractivity contribution in [2.75, 3.05) is 26.7 Å². The maximum Gasteiger partial charge on any atom is 0.00953 e. The van der Waals surface area contributed by atoms with Crippen LogP contribution in [0.25, 0.3) is 0 Å². The fourth-order valence-electron chi connectivity index (χ4n) is 3.46. The van der Waals surface area contributed by atoms with Gasteiger partial charge in [0, 0.05) is 12.6 Å². The van der Waals surface area contributed by atoms with E-state index >= 15 is 0 Å². The van der Waals surface area contributed by atoms with Crippen molar-refractivity contribution in [3.63, 3.8) is 0 Å². The van der Waals surface area contributed by atoms with Gasteiger partial charge in [0.1, 0.15) is 0 Å². The summed E-state index contributed by atoms with van der Waals surface area (Å²) in [5.41, 5.74) is 0. The van der Waals surface area contributed by atoms with Crippen LogP contribution in [0.5, 0.6) is 0 Å². The second-order valence-electron chi connectivity index (χ2n) is 5.69. The van der Waals surface area contributed by atoms with Gasteiger partial charge in [0.25, 0.3) is 0 Å². The van der Waals surface area contributed by atoms with Crippen molar-refractivity contribution in [2.24, 2.45) is 5.92 Å². The molecule has 2 fully saturated rings. The summed E-state index contributed by atoms with van der Waals surface area (Å²) >= 11 is 0. The molecule has 2 nitrogen and oxygen atoms in total. The average molecular weight is 224 g/mol. The van der Waals surface area contributed by atoms with Crippen molar-refractivity contribution in [2.45, 2.75) is 57.4 Å². The molecular weight excluding hydrogens is 196 g/mol. The zero-order valence-corrected chi connectivity index (χ0v) is 10.9. The summed E-state index contributed by atoms with van der Waals surface area (Å²) < 4.78 is 0. The lowest BCUT2D eigenvalue weighted by molar-refractivity contribution is 0.0957. The largest absolute Gasteiger partial charge is 0.320 e. The summed E-state index contributed by atoms with van der Waals surface area (Å²) in [4.78, 5) is 2.81. The lowest BCUT2D eigenvalue weighted by atomic mass is 9.89. The molecule has 1 atom stereocenters. The number of nitrogens with zero attached hydrogens (tertiary/aromatic N) is 1. The summed E-state index contributed by atoms with van der Waals surface area (Å²) in [6, 6.07) is 0.936. The third-order valence-corrected chi connectivity index (χ3v) is 4.44. The molecule has 2 rings (SSSR count). The van der Waals surface area contributed by atoms with E-state index in [0.29, 0.717) is 0 Å². The van der Waals surface area contributed by atoms with Gasteiger partial charge >= 0.3 is 0 Å². The Morgan fingerprint density at radius 2 is 1.88 bits per heavy atom. The highest BCUT2D eigenvalue weighted by atomic mass is 15.2. The smallest absolute Gasteiger partial charge is 0.00953 e. The van der Waals surface area contributed by atoms with E-state index in [1.807, 2.05) is 0 Å². The molecule has 0 amide bonds. The van der Waals surface area contributed by atoms with Crippen molar-refractivity contribution in [1.29, 1.82) is 0 Å². The van der Waals surface area contributed by atoms with Crippen LogP contribution < -0.4 is 5.32 Å². The Bertz CT molecular complexity index is 187. The van der Waals surface area contributed by atoms with Crippen LogP contribution in [0, 0.1) is 5.92 Å². The van der Waals surface area contributed by atoms with Crippen LogP contribution in [0.2, 0.25) is 0 Å². The maximum atomic E-state index is 3.29. The topological polar surface area (TPSA) is 15.3 Å². The molecule has 1 N–H and O–H groups in total. The van der Waals surface area contributed by atoms with Gasteiger partial charge in [0.15, 0.2) is 0 Å². The van der Waals surface area contributed by atoms with Crippen LogP contribution >= 0.6 is 0 Å².